The van der Waals surface area contributed by atoms with Gasteiger partial charge >= 0.3 is 0 Å². The number of rotatable bonds is 6. The van der Waals surface area contributed by atoms with Crippen LogP contribution < -0.4 is 5.32 Å². The van der Waals surface area contributed by atoms with E-state index in [2.05, 4.69) is 33.0 Å². The van der Waals surface area contributed by atoms with Gasteiger partial charge < -0.3 is 9.87 Å². The van der Waals surface area contributed by atoms with Crippen molar-refractivity contribution in [3.8, 4) is 0 Å². The molecule has 2 unspecified atom stereocenters. The summed E-state index contributed by atoms with van der Waals surface area (Å²) in [6.45, 7) is 14.8. The first-order chi connectivity index (χ1) is 7.10. The Morgan fingerprint density at radius 3 is 2.00 bits per heavy atom. The summed E-state index contributed by atoms with van der Waals surface area (Å²) in [5, 5.41) is 3.57. The van der Waals surface area contributed by atoms with Gasteiger partial charge in [-0.15, -0.1) is 0 Å². The molecule has 0 amide bonds. The Morgan fingerprint density at radius 2 is 1.69 bits per heavy atom. The molecule has 0 saturated heterocycles. The Bertz CT molecular complexity index is 201. The Hall–Kier alpha value is 0.270. The van der Waals surface area contributed by atoms with Gasteiger partial charge in [-0.25, -0.2) is 0 Å². The van der Waals surface area contributed by atoms with Crippen LogP contribution in [-0.4, -0.2) is 26.6 Å². The van der Waals surface area contributed by atoms with Crippen molar-refractivity contribution in [1.29, 1.82) is 0 Å². The Labute approximate surface area is 105 Å². The predicted octanol–water partition coefficient (Wildman–Crippen LogP) is 3.09. The Kier molecular flexibility index (Phi) is 6.38. The molecule has 2 nitrogen and oxygen atoms in total. The van der Waals surface area contributed by atoms with Gasteiger partial charge in [0.05, 0.1) is 5.54 Å². The predicted molar refractivity (Wildman–Crippen MR) is 74.3 cm³/mol. The third-order valence-corrected chi connectivity index (χ3v) is 4.84. The van der Waals surface area contributed by atoms with Crippen LogP contribution in [0, 0.1) is 0 Å². The number of hydrogen-bond acceptors (Lipinski definition) is 2. The van der Waals surface area contributed by atoms with Gasteiger partial charge in [0.2, 0.25) is 0 Å². The molecule has 0 heterocycles. The zero-order valence-corrected chi connectivity index (χ0v) is 12.8. The fraction of sp³-hybridized carbons (Fsp3) is 1.00. The third-order valence-electron chi connectivity index (χ3n) is 2.57. The van der Waals surface area contributed by atoms with Gasteiger partial charge in [0.15, 0.2) is 0 Å². The SMILES string of the molecule is CCCC(C)(C[S+]([O-])C(C)(C)C)NC(C)C. The largest absolute Gasteiger partial charge is 0.616 e. The first kappa shape index (κ1) is 16.3. The van der Waals surface area contributed by atoms with Gasteiger partial charge in [-0.3, -0.25) is 0 Å². The van der Waals surface area contributed by atoms with Gasteiger partial charge in [-0.05, 0) is 45.3 Å². The lowest BCUT2D eigenvalue weighted by Crippen LogP contribution is -2.53. The average molecular weight is 247 g/mol. The van der Waals surface area contributed by atoms with Gasteiger partial charge in [0, 0.05) is 6.04 Å². The molecule has 0 aromatic heterocycles. The van der Waals surface area contributed by atoms with E-state index in [9.17, 15) is 4.55 Å². The molecule has 0 aromatic rings. The van der Waals surface area contributed by atoms with E-state index < -0.39 is 11.2 Å². The molecule has 0 spiro atoms. The van der Waals surface area contributed by atoms with Gasteiger partial charge in [0.25, 0.3) is 0 Å². The van der Waals surface area contributed by atoms with E-state index in [1.54, 1.807) is 0 Å². The maximum atomic E-state index is 12.2. The minimum atomic E-state index is -0.787. The maximum Gasteiger partial charge on any atom is 0.123 e. The molecule has 16 heavy (non-hydrogen) atoms. The quantitative estimate of drug-likeness (QED) is 0.732. The van der Waals surface area contributed by atoms with Crippen LogP contribution in [0.4, 0.5) is 0 Å². The molecular weight excluding hydrogens is 218 g/mol. The second-order valence-corrected chi connectivity index (χ2v) is 8.42. The van der Waals surface area contributed by atoms with Crippen LogP contribution in [0.2, 0.25) is 0 Å². The summed E-state index contributed by atoms with van der Waals surface area (Å²) in [5.74, 6) is 0.739. The topological polar surface area (TPSA) is 35.1 Å². The molecule has 0 saturated carbocycles. The first-order valence-electron chi connectivity index (χ1n) is 6.27. The highest BCUT2D eigenvalue weighted by atomic mass is 32.2. The molecule has 3 heteroatoms. The zero-order chi connectivity index (χ0) is 13.0. The van der Waals surface area contributed by atoms with Crippen LogP contribution in [0.15, 0.2) is 0 Å². The Morgan fingerprint density at radius 1 is 1.19 bits per heavy atom. The van der Waals surface area contributed by atoms with Crippen molar-refractivity contribution < 1.29 is 4.55 Å². The lowest BCUT2D eigenvalue weighted by Gasteiger charge is -2.36. The summed E-state index contributed by atoms with van der Waals surface area (Å²) >= 11 is -0.787. The third kappa shape index (κ3) is 6.12. The first-order valence-corrected chi connectivity index (χ1v) is 7.59. The van der Waals surface area contributed by atoms with Crippen molar-refractivity contribution in [3.05, 3.63) is 0 Å². The average Bonchev–Trinajstić information content (AvgIpc) is 1.99. The van der Waals surface area contributed by atoms with E-state index in [1.165, 1.54) is 0 Å². The molecule has 0 aromatic carbocycles. The van der Waals surface area contributed by atoms with E-state index in [4.69, 9.17) is 0 Å². The van der Waals surface area contributed by atoms with Crippen LogP contribution >= 0.6 is 0 Å². The molecule has 2 atom stereocenters. The van der Waals surface area contributed by atoms with Crippen molar-refractivity contribution in [2.45, 2.75) is 77.6 Å². The van der Waals surface area contributed by atoms with Crippen LogP contribution in [0.1, 0.15) is 61.3 Å². The minimum Gasteiger partial charge on any atom is -0.616 e. The number of hydrogen-bond donors (Lipinski definition) is 1. The van der Waals surface area contributed by atoms with Crippen molar-refractivity contribution in [2.24, 2.45) is 0 Å². The molecule has 1 N–H and O–H groups in total. The fourth-order valence-electron chi connectivity index (χ4n) is 1.94. The van der Waals surface area contributed by atoms with Gasteiger partial charge in [-0.2, -0.15) is 0 Å². The summed E-state index contributed by atoms with van der Waals surface area (Å²) in [7, 11) is 0. The molecule has 0 aliphatic carbocycles. The Balaban J connectivity index is 4.54. The van der Waals surface area contributed by atoms with Crippen LogP contribution in [0.3, 0.4) is 0 Å². The highest BCUT2D eigenvalue weighted by Crippen LogP contribution is 2.23. The lowest BCUT2D eigenvalue weighted by atomic mass is 9.98. The van der Waals surface area contributed by atoms with Crippen LogP contribution in [-0.2, 0) is 11.2 Å². The van der Waals surface area contributed by atoms with Gasteiger partial charge in [-0.1, -0.05) is 27.2 Å². The van der Waals surface area contributed by atoms with Crippen LogP contribution in [0.25, 0.3) is 0 Å². The molecule has 98 valence electrons. The fourth-order valence-corrected chi connectivity index (χ4v) is 3.18. The van der Waals surface area contributed by atoms with Crippen molar-refractivity contribution in [3.63, 3.8) is 0 Å². The smallest absolute Gasteiger partial charge is 0.123 e. The second-order valence-electron chi connectivity index (χ2n) is 6.21. The van der Waals surface area contributed by atoms with E-state index in [0.717, 1.165) is 18.6 Å². The standard InChI is InChI=1S/C13H29NOS/c1-8-9-13(7,14-11(2)3)10-16(15)12(4,5)6/h11,14H,8-10H2,1-7H3. The maximum absolute atomic E-state index is 12.2. The molecule has 0 aliphatic heterocycles. The van der Waals surface area contributed by atoms with E-state index in [1.807, 2.05) is 20.8 Å². The molecule has 0 fully saturated rings. The molecule has 0 rings (SSSR count). The summed E-state index contributed by atoms with van der Waals surface area (Å²) < 4.78 is 12.1. The normalized spacial score (nSPS) is 18.6. The second kappa shape index (κ2) is 6.27. The summed E-state index contributed by atoms with van der Waals surface area (Å²) in [6, 6.07) is 0.438. The van der Waals surface area contributed by atoms with E-state index in [0.29, 0.717) is 6.04 Å². The zero-order valence-electron chi connectivity index (χ0n) is 12.0. The highest BCUT2D eigenvalue weighted by molar-refractivity contribution is 7.92. The molecular formula is C13H29NOS. The van der Waals surface area contributed by atoms with Crippen molar-refractivity contribution >= 4 is 11.2 Å². The summed E-state index contributed by atoms with van der Waals surface area (Å²) in [6.07, 6.45) is 2.20. The monoisotopic (exact) mass is 247 g/mol. The van der Waals surface area contributed by atoms with E-state index >= 15 is 0 Å². The van der Waals surface area contributed by atoms with Crippen molar-refractivity contribution in [1.82, 2.24) is 5.32 Å². The van der Waals surface area contributed by atoms with E-state index in [-0.39, 0.29) is 10.3 Å². The summed E-state index contributed by atoms with van der Waals surface area (Å²) in [5.41, 5.74) is 0.00105. The van der Waals surface area contributed by atoms with Gasteiger partial charge in [0.1, 0.15) is 10.5 Å². The highest BCUT2D eigenvalue weighted by Gasteiger charge is 2.35. The van der Waals surface area contributed by atoms with Crippen LogP contribution in [0.5, 0.6) is 0 Å². The molecule has 0 radical (unpaired) electrons. The lowest BCUT2D eigenvalue weighted by molar-refractivity contribution is 0.329. The minimum absolute atomic E-state index is 0.00105. The number of nitrogens with one attached hydrogen (secondary N) is 1. The molecule has 0 bridgehead atoms. The summed E-state index contributed by atoms with van der Waals surface area (Å²) in [4.78, 5) is 0. The molecule has 0 aliphatic rings. The van der Waals surface area contributed by atoms with Crippen molar-refractivity contribution in [2.75, 3.05) is 5.75 Å².